The molecule has 1 aromatic rings. The molecule has 1 fully saturated rings. The molecule has 0 radical (unpaired) electrons. The van der Waals surface area contributed by atoms with Crippen molar-refractivity contribution in [2.24, 2.45) is 5.92 Å². The Morgan fingerprint density at radius 1 is 1.15 bits per heavy atom. The van der Waals surface area contributed by atoms with Gasteiger partial charge in [0.1, 0.15) is 11.4 Å². The van der Waals surface area contributed by atoms with Gasteiger partial charge in [-0.3, -0.25) is 0 Å². The van der Waals surface area contributed by atoms with E-state index in [-0.39, 0.29) is 5.60 Å². The largest absolute Gasteiger partial charge is 0.488 e. The van der Waals surface area contributed by atoms with Gasteiger partial charge in [0.15, 0.2) is 0 Å². The number of para-hydroxylation sites is 1. The van der Waals surface area contributed by atoms with Crippen LogP contribution in [0.1, 0.15) is 83.8 Å². The van der Waals surface area contributed by atoms with E-state index in [1.54, 1.807) is 0 Å². The number of hydrogen-bond donors (Lipinski definition) is 0. The van der Waals surface area contributed by atoms with Gasteiger partial charge in [-0.1, -0.05) is 39.0 Å². The summed E-state index contributed by atoms with van der Waals surface area (Å²) in [6.45, 7) is 13.4. The van der Waals surface area contributed by atoms with E-state index >= 15 is 0 Å². The van der Waals surface area contributed by atoms with E-state index in [1.807, 2.05) is 0 Å². The first-order valence-electron chi connectivity index (χ1n) is 8.15. The zero-order chi connectivity index (χ0) is 14.9. The van der Waals surface area contributed by atoms with Gasteiger partial charge in [0.05, 0.1) is 0 Å². The molecule has 0 spiro atoms. The van der Waals surface area contributed by atoms with E-state index < -0.39 is 0 Å². The first kappa shape index (κ1) is 15.4. The SMILES string of the molecule is CC[C@@H](C)c1cccc([C@@H](C)C2CC2)c1OC(C)(C)C. The Morgan fingerprint density at radius 2 is 1.75 bits per heavy atom. The average molecular weight is 274 g/mol. The lowest BCUT2D eigenvalue weighted by Crippen LogP contribution is -2.25. The van der Waals surface area contributed by atoms with Crippen molar-refractivity contribution in [2.45, 2.75) is 78.2 Å². The van der Waals surface area contributed by atoms with Crippen LogP contribution >= 0.6 is 0 Å². The molecule has 2 atom stereocenters. The second-order valence-corrected chi connectivity index (χ2v) is 7.42. The maximum atomic E-state index is 6.39. The summed E-state index contributed by atoms with van der Waals surface area (Å²) in [5, 5.41) is 0. The second kappa shape index (κ2) is 5.79. The Kier molecular flexibility index (Phi) is 4.46. The molecular weight excluding hydrogens is 244 g/mol. The molecular formula is C19H30O. The highest BCUT2D eigenvalue weighted by Crippen LogP contribution is 2.47. The standard InChI is InChI=1S/C19H30O/c1-7-13(2)16-9-8-10-17(14(3)15-11-12-15)18(16)20-19(4,5)6/h8-10,13-15H,7,11-12H2,1-6H3/t13-,14+/m1/s1. The van der Waals surface area contributed by atoms with Crippen molar-refractivity contribution in [3.8, 4) is 5.75 Å². The second-order valence-electron chi connectivity index (χ2n) is 7.42. The highest BCUT2D eigenvalue weighted by molar-refractivity contribution is 5.46. The third-order valence-corrected chi connectivity index (χ3v) is 4.45. The first-order chi connectivity index (χ1) is 9.33. The third-order valence-electron chi connectivity index (χ3n) is 4.45. The lowest BCUT2D eigenvalue weighted by atomic mass is 9.89. The predicted molar refractivity (Wildman–Crippen MR) is 86.7 cm³/mol. The number of ether oxygens (including phenoxy) is 1. The molecule has 0 aromatic heterocycles. The van der Waals surface area contributed by atoms with Crippen molar-refractivity contribution >= 4 is 0 Å². The van der Waals surface area contributed by atoms with Crippen molar-refractivity contribution < 1.29 is 4.74 Å². The molecule has 0 saturated heterocycles. The molecule has 1 nitrogen and oxygen atoms in total. The zero-order valence-electron chi connectivity index (χ0n) is 14.0. The van der Waals surface area contributed by atoms with Gasteiger partial charge < -0.3 is 4.74 Å². The van der Waals surface area contributed by atoms with Gasteiger partial charge in [0.2, 0.25) is 0 Å². The Hall–Kier alpha value is -0.980. The average Bonchev–Trinajstić information content (AvgIpc) is 3.19. The van der Waals surface area contributed by atoms with Gasteiger partial charge in [0.25, 0.3) is 0 Å². The van der Waals surface area contributed by atoms with E-state index in [1.165, 1.54) is 24.0 Å². The minimum absolute atomic E-state index is 0.137. The molecule has 0 aliphatic heterocycles. The summed E-state index contributed by atoms with van der Waals surface area (Å²) >= 11 is 0. The lowest BCUT2D eigenvalue weighted by Gasteiger charge is -2.29. The quantitative estimate of drug-likeness (QED) is 0.650. The molecule has 20 heavy (non-hydrogen) atoms. The van der Waals surface area contributed by atoms with Crippen LogP contribution in [0.15, 0.2) is 18.2 Å². The highest BCUT2D eigenvalue weighted by atomic mass is 16.5. The zero-order valence-corrected chi connectivity index (χ0v) is 14.0. The fraction of sp³-hybridized carbons (Fsp3) is 0.684. The molecule has 1 aliphatic carbocycles. The fourth-order valence-corrected chi connectivity index (χ4v) is 2.81. The van der Waals surface area contributed by atoms with Crippen LogP contribution in [0.3, 0.4) is 0 Å². The molecule has 2 rings (SSSR count). The minimum Gasteiger partial charge on any atom is -0.488 e. The molecule has 0 amide bonds. The van der Waals surface area contributed by atoms with Crippen molar-refractivity contribution in [1.29, 1.82) is 0 Å². The Bertz CT molecular complexity index is 451. The Balaban J connectivity index is 2.43. The van der Waals surface area contributed by atoms with Gasteiger partial charge in [-0.15, -0.1) is 0 Å². The van der Waals surface area contributed by atoms with E-state index in [4.69, 9.17) is 4.74 Å². The van der Waals surface area contributed by atoms with Crippen LogP contribution in [0, 0.1) is 5.92 Å². The Morgan fingerprint density at radius 3 is 2.25 bits per heavy atom. The normalized spacial score (nSPS) is 18.7. The van der Waals surface area contributed by atoms with Gasteiger partial charge in [0, 0.05) is 0 Å². The summed E-state index contributed by atoms with van der Waals surface area (Å²) < 4.78 is 6.39. The van der Waals surface area contributed by atoms with Crippen LogP contribution < -0.4 is 4.74 Å². The third kappa shape index (κ3) is 3.56. The summed E-state index contributed by atoms with van der Waals surface area (Å²) in [6, 6.07) is 6.74. The van der Waals surface area contributed by atoms with Gasteiger partial charge in [-0.2, -0.15) is 0 Å². The van der Waals surface area contributed by atoms with E-state index in [0.29, 0.717) is 11.8 Å². The molecule has 0 N–H and O–H groups in total. The minimum atomic E-state index is -0.137. The van der Waals surface area contributed by atoms with E-state index in [0.717, 1.165) is 18.1 Å². The topological polar surface area (TPSA) is 9.23 Å². The first-order valence-corrected chi connectivity index (χ1v) is 8.15. The molecule has 112 valence electrons. The van der Waals surface area contributed by atoms with Crippen molar-refractivity contribution in [3.05, 3.63) is 29.3 Å². The summed E-state index contributed by atoms with van der Waals surface area (Å²) in [5.41, 5.74) is 2.66. The summed E-state index contributed by atoms with van der Waals surface area (Å²) in [5.74, 6) is 3.20. The maximum absolute atomic E-state index is 6.39. The van der Waals surface area contributed by atoms with Crippen LogP contribution in [-0.4, -0.2) is 5.60 Å². The maximum Gasteiger partial charge on any atom is 0.127 e. The molecule has 1 saturated carbocycles. The lowest BCUT2D eigenvalue weighted by molar-refractivity contribution is 0.126. The van der Waals surface area contributed by atoms with Crippen LogP contribution in [0.25, 0.3) is 0 Å². The Labute approximate surface area is 124 Å². The van der Waals surface area contributed by atoms with Gasteiger partial charge >= 0.3 is 0 Å². The van der Waals surface area contributed by atoms with Crippen molar-refractivity contribution in [2.75, 3.05) is 0 Å². The molecule has 1 aliphatic rings. The monoisotopic (exact) mass is 274 g/mol. The molecule has 0 heterocycles. The van der Waals surface area contributed by atoms with Crippen LogP contribution in [0.4, 0.5) is 0 Å². The predicted octanol–water partition coefficient (Wildman–Crippen LogP) is 5.89. The molecule has 0 bridgehead atoms. The molecule has 0 unspecified atom stereocenters. The van der Waals surface area contributed by atoms with Crippen LogP contribution in [0.2, 0.25) is 0 Å². The fourth-order valence-electron chi connectivity index (χ4n) is 2.81. The molecule has 1 heteroatoms. The van der Waals surface area contributed by atoms with Gasteiger partial charge in [-0.05, 0) is 68.9 Å². The number of rotatable bonds is 5. The number of hydrogen-bond acceptors (Lipinski definition) is 1. The highest BCUT2D eigenvalue weighted by Gasteiger charge is 2.32. The van der Waals surface area contributed by atoms with Crippen LogP contribution in [-0.2, 0) is 0 Å². The van der Waals surface area contributed by atoms with E-state index in [2.05, 4.69) is 59.7 Å². The summed E-state index contributed by atoms with van der Waals surface area (Å²) in [7, 11) is 0. The van der Waals surface area contributed by atoms with Crippen molar-refractivity contribution in [3.63, 3.8) is 0 Å². The summed E-state index contributed by atoms with van der Waals surface area (Å²) in [4.78, 5) is 0. The van der Waals surface area contributed by atoms with E-state index in [9.17, 15) is 0 Å². The number of benzene rings is 1. The van der Waals surface area contributed by atoms with Gasteiger partial charge in [-0.25, -0.2) is 0 Å². The molecule has 1 aromatic carbocycles. The smallest absolute Gasteiger partial charge is 0.127 e. The van der Waals surface area contributed by atoms with Crippen LogP contribution in [0.5, 0.6) is 5.75 Å². The van der Waals surface area contributed by atoms with Crippen molar-refractivity contribution in [1.82, 2.24) is 0 Å². The summed E-state index contributed by atoms with van der Waals surface area (Å²) in [6.07, 6.45) is 3.91.